The summed E-state index contributed by atoms with van der Waals surface area (Å²) in [7, 11) is 0. The van der Waals surface area contributed by atoms with Crippen LogP contribution in [0.15, 0.2) is 55.8 Å². The molecule has 2 aromatic rings. The summed E-state index contributed by atoms with van der Waals surface area (Å²) in [5.41, 5.74) is -1.53. The standard InChI is InChI=1S/C17H15ClF3N3O/c1-3-9-23(10-4-2)16(25)14-11-22-24(15(14)17(19,20)21)13-7-5-12(18)6-8-13/h3-8,11H,1-2,9-10H2. The van der Waals surface area contributed by atoms with Crippen LogP contribution in [0, 0.1) is 0 Å². The fourth-order valence-corrected chi connectivity index (χ4v) is 2.40. The summed E-state index contributed by atoms with van der Waals surface area (Å²) >= 11 is 5.76. The number of aromatic nitrogens is 2. The highest BCUT2D eigenvalue weighted by Gasteiger charge is 2.41. The highest BCUT2D eigenvalue weighted by Crippen LogP contribution is 2.34. The normalized spacial score (nSPS) is 11.2. The van der Waals surface area contributed by atoms with Crippen molar-refractivity contribution in [3.05, 3.63) is 72.1 Å². The van der Waals surface area contributed by atoms with Gasteiger partial charge in [-0.25, -0.2) is 4.68 Å². The molecule has 132 valence electrons. The second kappa shape index (κ2) is 7.57. The van der Waals surface area contributed by atoms with Gasteiger partial charge in [-0.05, 0) is 24.3 Å². The summed E-state index contributed by atoms with van der Waals surface area (Å²) in [6.45, 7) is 7.20. The second-order valence-corrected chi connectivity index (χ2v) is 5.52. The average molecular weight is 370 g/mol. The van der Waals surface area contributed by atoms with E-state index < -0.39 is 23.3 Å². The van der Waals surface area contributed by atoms with Gasteiger partial charge in [0.25, 0.3) is 5.91 Å². The van der Waals surface area contributed by atoms with Crippen molar-refractivity contribution in [1.29, 1.82) is 0 Å². The van der Waals surface area contributed by atoms with Crippen LogP contribution >= 0.6 is 11.6 Å². The van der Waals surface area contributed by atoms with Crippen molar-refractivity contribution in [3.63, 3.8) is 0 Å². The van der Waals surface area contributed by atoms with Crippen LogP contribution in [0.2, 0.25) is 5.02 Å². The molecular weight excluding hydrogens is 355 g/mol. The Morgan fingerprint density at radius 1 is 1.20 bits per heavy atom. The van der Waals surface area contributed by atoms with E-state index in [-0.39, 0.29) is 18.8 Å². The van der Waals surface area contributed by atoms with Crippen LogP contribution in [0.4, 0.5) is 13.2 Å². The third-order valence-electron chi connectivity index (χ3n) is 3.33. The summed E-state index contributed by atoms with van der Waals surface area (Å²) in [6.07, 6.45) is -0.995. The van der Waals surface area contributed by atoms with Gasteiger partial charge in [0.2, 0.25) is 0 Å². The first kappa shape index (κ1) is 18.8. The molecule has 0 unspecified atom stereocenters. The second-order valence-electron chi connectivity index (χ2n) is 5.08. The first-order valence-corrected chi connectivity index (χ1v) is 7.59. The summed E-state index contributed by atoms with van der Waals surface area (Å²) in [4.78, 5) is 13.7. The zero-order chi connectivity index (χ0) is 18.6. The maximum absolute atomic E-state index is 13.6. The van der Waals surface area contributed by atoms with Gasteiger partial charge < -0.3 is 4.90 Å². The Balaban J connectivity index is 2.56. The predicted molar refractivity (Wildman–Crippen MR) is 89.9 cm³/mol. The van der Waals surface area contributed by atoms with E-state index >= 15 is 0 Å². The van der Waals surface area contributed by atoms with E-state index in [9.17, 15) is 18.0 Å². The van der Waals surface area contributed by atoms with Gasteiger partial charge in [0.1, 0.15) is 0 Å². The first-order valence-electron chi connectivity index (χ1n) is 7.21. The molecule has 0 bridgehead atoms. The Bertz CT molecular complexity index is 771. The molecule has 1 aromatic heterocycles. The number of hydrogen-bond donors (Lipinski definition) is 0. The number of alkyl halides is 3. The van der Waals surface area contributed by atoms with Crippen LogP contribution in [0.1, 0.15) is 16.1 Å². The van der Waals surface area contributed by atoms with Crippen LogP contribution in [-0.4, -0.2) is 33.7 Å². The van der Waals surface area contributed by atoms with Gasteiger partial charge >= 0.3 is 6.18 Å². The average Bonchev–Trinajstić information content (AvgIpc) is 3.00. The molecule has 8 heteroatoms. The SMILES string of the molecule is C=CCN(CC=C)C(=O)c1cnn(-c2ccc(Cl)cc2)c1C(F)(F)F. The van der Waals surface area contributed by atoms with E-state index in [0.717, 1.165) is 6.20 Å². The largest absolute Gasteiger partial charge is 0.434 e. The topological polar surface area (TPSA) is 38.1 Å². The first-order chi connectivity index (χ1) is 11.8. The highest BCUT2D eigenvalue weighted by atomic mass is 35.5. The van der Waals surface area contributed by atoms with E-state index in [4.69, 9.17) is 11.6 Å². The number of carbonyl (C=O) groups is 1. The fourth-order valence-electron chi connectivity index (χ4n) is 2.28. The number of hydrogen-bond acceptors (Lipinski definition) is 2. The van der Waals surface area contributed by atoms with E-state index in [2.05, 4.69) is 18.3 Å². The van der Waals surface area contributed by atoms with Crippen molar-refractivity contribution in [1.82, 2.24) is 14.7 Å². The molecule has 1 aromatic carbocycles. The van der Waals surface area contributed by atoms with E-state index in [1.807, 2.05) is 0 Å². The molecule has 0 saturated heterocycles. The summed E-state index contributed by atoms with van der Waals surface area (Å²) in [5, 5.41) is 4.14. The fraction of sp³-hybridized carbons (Fsp3) is 0.176. The number of rotatable bonds is 6. The Morgan fingerprint density at radius 3 is 2.24 bits per heavy atom. The zero-order valence-electron chi connectivity index (χ0n) is 13.1. The van der Waals surface area contributed by atoms with Crippen molar-refractivity contribution in [3.8, 4) is 5.69 Å². The van der Waals surface area contributed by atoms with Crippen molar-refractivity contribution >= 4 is 17.5 Å². The lowest BCUT2D eigenvalue weighted by Crippen LogP contribution is -2.32. The van der Waals surface area contributed by atoms with Crippen LogP contribution in [0.5, 0.6) is 0 Å². The molecule has 0 saturated carbocycles. The summed E-state index contributed by atoms with van der Waals surface area (Å²) in [5.74, 6) is -0.799. The summed E-state index contributed by atoms with van der Waals surface area (Å²) in [6, 6.07) is 5.68. The minimum Gasteiger partial charge on any atom is -0.331 e. The van der Waals surface area contributed by atoms with Crippen LogP contribution in [0.3, 0.4) is 0 Å². The van der Waals surface area contributed by atoms with Crippen LogP contribution in [-0.2, 0) is 6.18 Å². The van der Waals surface area contributed by atoms with Crippen molar-refractivity contribution in [2.45, 2.75) is 6.18 Å². The highest BCUT2D eigenvalue weighted by molar-refractivity contribution is 6.30. The molecule has 0 radical (unpaired) electrons. The van der Waals surface area contributed by atoms with E-state index in [0.29, 0.717) is 9.70 Å². The lowest BCUT2D eigenvalue weighted by atomic mass is 10.2. The van der Waals surface area contributed by atoms with Gasteiger partial charge in [-0.2, -0.15) is 18.3 Å². The molecular formula is C17H15ClF3N3O. The third-order valence-corrected chi connectivity index (χ3v) is 3.58. The number of nitrogens with zero attached hydrogens (tertiary/aromatic N) is 3. The lowest BCUT2D eigenvalue weighted by molar-refractivity contribution is -0.143. The Kier molecular flexibility index (Phi) is 5.69. The van der Waals surface area contributed by atoms with Crippen LogP contribution < -0.4 is 0 Å². The van der Waals surface area contributed by atoms with Crippen molar-refractivity contribution in [2.75, 3.05) is 13.1 Å². The molecule has 25 heavy (non-hydrogen) atoms. The Hall–Kier alpha value is -2.54. The molecule has 0 atom stereocenters. The van der Waals surface area contributed by atoms with Crippen molar-refractivity contribution < 1.29 is 18.0 Å². The van der Waals surface area contributed by atoms with Gasteiger partial charge in [0.05, 0.1) is 17.4 Å². The van der Waals surface area contributed by atoms with Gasteiger partial charge in [0.15, 0.2) is 5.69 Å². The molecule has 1 amide bonds. The number of amides is 1. The Labute approximate surface area is 147 Å². The number of benzene rings is 1. The minimum atomic E-state index is -4.77. The molecule has 0 aliphatic carbocycles. The molecule has 1 heterocycles. The smallest absolute Gasteiger partial charge is 0.331 e. The lowest BCUT2D eigenvalue weighted by Gasteiger charge is -2.20. The Morgan fingerprint density at radius 2 is 1.76 bits per heavy atom. The molecule has 0 N–H and O–H groups in total. The monoisotopic (exact) mass is 369 g/mol. The van der Waals surface area contributed by atoms with Gasteiger partial charge in [-0.3, -0.25) is 4.79 Å². The van der Waals surface area contributed by atoms with Crippen LogP contribution in [0.25, 0.3) is 5.69 Å². The molecule has 2 rings (SSSR count). The quantitative estimate of drug-likeness (QED) is 0.710. The molecule has 0 fully saturated rings. The van der Waals surface area contributed by atoms with Gasteiger partial charge in [-0.1, -0.05) is 23.8 Å². The number of carbonyl (C=O) groups excluding carboxylic acids is 1. The molecule has 4 nitrogen and oxygen atoms in total. The maximum Gasteiger partial charge on any atom is 0.434 e. The van der Waals surface area contributed by atoms with Crippen molar-refractivity contribution in [2.24, 2.45) is 0 Å². The summed E-state index contributed by atoms with van der Waals surface area (Å²) < 4.78 is 41.5. The number of halogens is 4. The molecule has 0 aliphatic heterocycles. The maximum atomic E-state index is 13.6. The van der Waals surface area contributed by atoms with E-state index in [1.165, 1.54) is 41.3 Å². The van der Waals surface area contributed by atoms with E-state index in [1.54, 1.807) is 0 Å². The van der Waals surface area contributed by atoms with Gasteiger partial charge in [-0.15, -0.1) is 13.2 Å². The van der Waals surface area contributed by atoms with Gasteiger partial charge in [0, 0.05) is 18.1 Å². The minimum absolute atomic E-state index is 0.0915. The molecule has 0 spiro atoms. The predicted octanol–water partition coefficient (Wildman–Crippen LogP) is 4.36. The molecule has 0 aliphatic rings. The zero-order valence-corrected chi connectivity index (χ0v) is 13.9. The third kappa shape index (κ3) is 4.11.